The number of rotatable bonds is 3. The summed E-state index contributed by atoms with van der Waals surface area (Å²) in [6.45, 7) is 0.607. The molecule has 2 N–H and O–H groups in total. The van der Waals surface area contributed by atoms with E-state index in [-0.39, 0.29) is 0 Å². The van der Waals surface area contributed by atoms with Gasteiger partial charge in [-0.2, -0.15) is 0 Å². The standard InChI is InChI=1S/C11H10BrNS2/c12-10-5-6-11(15-10)14-9-3-1-8(7-13)2-4-9/h1-6H,7,13H2. The summed E-state index contributed by atoms with van der Waals surface area (Å²) in [4.78, 5) is 1.25. The zero-order valence-electron chi connectivity index (χ0n) is 7.94. The molecule has 1 aromatic heterocycles. The Morgan fingerprint density at radius 3 is 2.40 bits per heavy atom. The molecule has 1 nitrogen and oxygen atoms in total. The summed E-state index contributed by atoms with van der Waals surface area (Å²) < 4.78 is 2.46. The normalized spacial score (nSPS) is 10.5. The van der Waals surface area contributed by atoms with Crippen LogP contribution in [0.1, 0.15) is 5.56 Å². The molecule has 0 aliphatic heterocycles. The zero-order valence-corrected chi connectivity index (χ0v) is 11.2. The van der Waals surface area contributed by atoms with E-state index in [2.05, 4.69) is 52.3 Å². The molecule has 0 saturated carbocycles. The highest BCUT2D eigenvalue weighted by Gasteiger charge is 2.00. The Bertz CT molecular complexity index is 436. The largest absolute Gasteiger partial charge is 0.326 e. The molecule has 0 amide bonds. The quantitative estimate of drug-likeness (QED) is 0.922. The van der Waals surface area contributed by atoms with Crippen LogP contribution in [0.5, 0.6) is 0 Å². The molecule has 0 atom stereocenters. The Labute approximate surface area is 106 Å². The topological polar surface area (TPSA) is 26.0 Å². The highest BCUT2D eigenvalue weighted by atomic mass is 79.9. The summed E-state index contributed by atoms with van der Waals surface area (Å²) in [6.07, 6.45) is 0. The van der Waals surface area contributed by atoms with Gasteiger partial charge >= 0.3 is 0 Å². The molecular formula is C11H10BrNS2. The van der Waals surface area contributed by atoms with Crippen molar-refractivity contribution in [2.24, 2.45) is 5.73 Å². The average molecular weight is 300 g/mol. The summed E-state index contributed by atoms with van der Waals surface area (Å²) in [7, 11) is 0. The van der Waals surface area contributed by atoms with E-state index >= 15 is 0 Å². The molecule has 2 rings (SSSR count). The molecule has 1 heterocycles. The van der Waals surface area contributed by atoms with Gasteiger partial charge in [0, 0.05) is 11.4 Å². The number of nitrogens with two attached hydrogens (primary N) is 1. The molecule has 15 heavy (non-hydrogen) atoms. The zero-order chi connectivity index (χ0) is 10.7. The molecule has 0 spiro atoms. The first-order chi connectivity index (χ1) is 7.28. The minimum Gasteiger partial charge on any atom is -0.326 e. The highest BCUT2D eigenvalue weighted by Crippen LogP contribution is 2.35. The van der Waals surface area contributed by atoms with Crippen molar-refractivity contribution >= 4 is 39.0 Å². The summed E-state index contributed by atoms with van der Waals surface area (Å²) >= 11 is 6.98. The van der Waals surface area contributed by atoms with E-state index in [1.807, 2.05) is 0 Å². The van der Waals surface area contributed by atoms with Crippen LogP contribution in [-0.2, 0) is 6.54 Å². The fourth-order valence-corrected chi connectivity index (χ4v) is 3.97. The maximum Gasteiger partial charge on any atom is 0.0710 e. The summed E-state index contributed by atoms with van der Waals surface area (Å²) in [6, 6.07) is 12.6. The molecule has 78 valence electrons. The third kappa shape index (κ3) is 3.08. The lowest BCUT2D eigenvalue weighted by Crippen LogP contribution is -1.94. The molecule has 0 radical (unpaired) electrons. The second-order valence-corrected chi connectivity index (χ2v) is 6.85. The first-order valence-electron chi connectivity index (χ1n) is 4.50. The Hall–Kier alpha value is -0.290. The van der Waals surface area contributed by atoms with Crippen LogP contribution in [0.15, 0.2) is 49.3 Å². The van der Waals surface area contributed by atoms with Crippen LogP contribution >= 0.6 is 39.0 Å². The molecule has 1 aromatic carbocycles. The molecule has 2 aromatic rings. The van der Waals surface area contributed by atoms with Crippen LogP contribution in [0.25, 0.3) is 0 Å². The number of hydrogen-bond acceptors (Lipinski definition) is 3. The molecular weight excluding hydrogens is 290 g/mol. The smallest absolute Gasteiger partial charge is 0.0710 e. The third-order valence-electron chi connectivity index (χ3n) is 1.93. The summed E-state index contributed by atoms with van der Waals surface area (Å²) in [5.74, 6) is 0. The maximum absolute atomic E-state index is 5.54. The van der Waals surface area contributed by atoms with Gasteiger partial charge in [0.05, 0.1) is 8.00 Å². The van der Waals surface area contributed by atoms with Crippen molar-refractivity contribution in [3.8, 4) is 0 Å². The van der Waals surface area contributed by atoms with E-state index in [1.54, 1.807) is 23.1 Å². The SMILES string of the molecule is NCc1ccc(Sc2ccc(Br)s2)cc1. The Kier molecular flexibility index (Phi) is 3.86. The monoisotopic (exact) mass is 299 g/mol. The Morgan fingerprint density at radius 1 is 1.13 bits per heavy atom. The van der Waals surface area contributed by atoms with Crippen molar-refractivity contribution in [3.63, 3.8) is 0 Å². The van der Waals surface area contributed by atoms with Crippen molar-refractivity contribution in [1.29, 1.82) is 0 Å². The summed E-state index contributed by atoms with van der Waals surface area (Å²) in [5.41, 5.74) is 6.72. The Balaban J connectivity index is 2.11. The molecule has 0 unspecified atom stereocenters. The molecule has 4 heteroatoms. The van der Waals surface area contributed by atoms with Gasteiger partial charge in [0.1, 0.15) is 0 Å². The van der Waals surface area contributed by atoms with Gasteiger partial charge in [0.2, 0.25) is 0 Å². The van der Waals surface area contributed by atoms with Gasteiger partial charge in [-0.15, -0.1) is 11.3 Å². The molecule has 0 aliphatic rings. The maximum atomic E-state index is 5.54. The van der Waals surface area contributed by atoms with Crippen LogP contribution in [0, 0.1) is 0 Å². The van der Waals surface area contributed by atoms with Crippen LogP contribution < -0.4 is 5.73 Å². The van der Waals surface area contributed by atoms with Gasteiger partial charge in [-0.25, -0.2) is 0 Å². The van der Waals surface area contributed by atoms with Crippen molar-refractivity contribution in [2.45, 2.75) is 15.6 Å². The van der Waals surface area contributed by atoms with Crippen LogP contribution in [0.2, 0.25) is 0 Å². The number of hydrogen-bond donors (Lipinski definition) is 1. The highest BCUT2D eigenvalue weighted by molar-refractivity contribution is 9.11. The van der Waals surface area contributed by atoms with Gasteiger partial charge in [-0.05, 0) is 45.8 Å². The first kappa shape index (κ1) is 11.2. The lowest BCUT2D eigenvalue weighted by Gasteiger charge is -2.00. The lowest BCUT2D eigenvalue weighted by molar-refractivity contribution is 1.07. The van der Waals surface area contributed by atoms with Crippen LogP contribution in [-0.4, -0.2) is 0 Å². The number of halogens is 1. The van der Waals surface area contributed by atoms with Crippen LogP contribution in [0.3, 0.4) is 0 Å². The molecule has 0 bridgehead atoms. The van der Waals surface area contributed by atoms with Crippen molar-refractivity contribution in [2.75, 3.05) is 0 Å². The van der Waals surface area contributed by atoms with Crippen LogP contribution in [0.4, 0.5) is 0 Å². The second-order valence-electron chi connectivity index (χ2n) is 3.01. The second kappa shape index (κ2) is 5.16. The van der Waals surface area contributed by atoms with E-state index in [1.165, 1.54) is 18.5 Å². The minimum absolute atomic E-state index is 0.607. The first-order valence-corrected chi connectivity index (χ1v) is 6.93. The van der Waals surface area contributed by atoms with Gasteiger partial charge in [-0.3, -0.25) is 0 Å². The van der Waals surface area contributed by atoms with Gasteiger partial charge in [-0.1, -0.05) is 23.9 Å². The fraction of sp³-hybridized carbons (Fsp3) is 0.0909. The van der Waals surface area contributed by atoms with Gasteiger partial charge < -0.3 is 5.73 Å². The van der Waals surface area contributed by atoms with Crippen molar-refractivity contribution in [3.05, 3.63) is 45.7 Å². The molecule has 0 aliphatic carbocycles. The predicted molar refractivity (Wildman–Crippen MR) is 70.5 cm³/mol. The minimum atomic E-state index is 0.607. The predicted octanol–water partition coefficient (Wildman–Crippen LogP) is 4.12. The van der Waals surface area contributed by atoms with E-state index < -0.39 is 0 Å². The number of thiophene rings is 1. The van der Waals surface area contributed by atoms with Crippen molar-refractivity contribution in [1.82, 2.24) is 0 Å². The van der Waals surface area contributed by atoms with Crippen molar-refractivity contribution < 1.29 is 0 Å². The average Bonchev–Trinajstić information content (AvgIpc) is 2.65. The molecule has 0 saturated heterocycles. The Morgan fingerprint density at radius 2 is 1.87 bits per heavy atom. The van der Waals surface area contributed by atoms with E-state index in [0.29, 0.717) is 6.54 Å². The van der Waals surface area contributed by atoms with E-state index in [9.17, 15) is 0 Å². The third-order valence-corrected chi connectivity index (χ3v) is 4.69. The lowest BCUT2D eigenvalue weighted by atomic mass is 10.2. The molecule has 0 fully saturated rings. The fourth-order valence-electron chi connectivity index (χ4n) is 1.16. The number of benzene rings is 1. The van der Waals surface area contributed by atoms with Gasteiger partial charge in [0.25, 0.3) is 0 Å². The van der Waals surface area contributed by atoms with E-state index in [0.717, 1.165) is 0 Å². The van der Waals surface area contributed by atoms with Gasteiger partial charge in [0.15, 0.2) is 0 Å². The summed E-state index contributed by atoms with van der Waals surface area (Å²) in [5, 5.41) is 0. The van der Waals surface area contributed by atoms with E-state index in [4.69, 9.17) is 5.73 Å².